The Labute approximate surface area is 343 Å². The van der Waals surface area contributed by atoms with Gasteiger partial charge in [-0.15, -0.1) is 10.9 Å². The lowest BCUT2D eigenvalue weighted by molar-refractivity contribution is 1.08. The largest absolute Gasteiger partial charge is 0.208 e. The summed E-state index contributed by atoms with van der Waals surface area (Å²) in [5.74, 6) is 2.03. The minimum absolute atomic E-state index is 0.659. The maximum absolute atomic E-state index is 5.37. The minimum Gasteiger partial charge on any atom is -0.208 e. The molecule has 0 spiro atoms. The van der Waals surface area contributed by atoms with Crippen LogP contribution in [0.25, 0.3) is 88.7 Å². The van der Waals surface area contributed by atoms with Gasteiger partial charge in [-0.1, -0.05) is 154 Å². The second-order valence-corrected chi connectivity index (χ2v) is 15.8. The quantitative estimate of drug-likeness (QED) is 0.135. The smallest absolute Gasteiger partial charge is 0.164 e. The zero-order chi connectivity index (χ0) is 39.7. The maximum atomic E-state index is 5.37. The standard InChI is InChI=1S/C45H38B9N3/c46-34-31-29(30-32(38(50)37(31)49)39(51)42(54)41(53)36(30)48)35(47)40(52)33(34)45-56-43(22-12-5-2-6-13-22)55-44(57-45)24-15-9-14-23(20-24)26-19-18-25(21-10-3-1-4-11-21)27-16-7-8-17-28(26)27/h1-20H,46-54H2. The maximum Gasteiger partial charge on any atom is 0.164 e. The van der Waals surface area contributed by atoms with E-state index >= 15 is 0 Å². The van der Waals surface area contributed by atoms with Crippen molar-refractivity contribution in [2.45, 2.75) is 0 Å². The summed E-state index contributed by atoms with van der Waals surface area (Å²) < 4.78 is 0. The molecule has 3 nitrogen and oxygen atoms in total. The fraction of sp³-hybridized carbons (Fsp3) is 0. The fourth-order valence-corrected chi connectivity index (χ4v) is 9.32. The molecular weight excluding hydrogens is 680 g/mol. The molecule has 9 aromatic rings. The highest BCUT2D eigenvalue weighted by Gasteiger charge is 2.24. The van der Waals surface area contributed by atoms with Crippen LogP contribution in [0.4, 0.5) is 0 Å². The Hall–Kier alpha value is -5.87. The molecule has 0 bridgehead atoms. The van der Waals surface area contributed by atoms with E-state index in [0.717, 1.165) is 22.3 Å². The monoisotopic (exact) mass is 719 g/mol. The molecule has 0 radical (unpaired) electrons. The Morgan fingerprint density at radius 2 is 0.684 bits per heavy atom. The first-order chi connectivity index (χ1) is 27.5. The third-order valence-electron chi connectivity index (χ3n) is 12.9. The summed E-state index contributed by atoms with van der Waals surface area (Å²) in [7, 11) is 20.5. The number of aromatic nitrogens is 3. The number of hydrogen-bond donors (Lipinski definition) is 0. The molecule has 57 heavy (non-hydrogen) atoms. The molecule has 0 aliphatic rings. The van der Waals surface area contributed by atoms with Crippen molar-refractivity contribution in [1.82, 2.24) is 15.0 Å². The van der Waals surface area contributed by atoms with Gasteiger partial charge in [0.1, 0.15) is 70.6 Å². The van der Waals surface area contributed by atoms with Crippen molar-refractivity contribution in [3.8, 4) is 56.4 Å². The van der Waals surface area contributed by atoms with Gasteiger partial charge in [0.25, 0.3) is 0 Å². The van der Waals surface area contributed by atoms with Gasteiger partial charge in [0.2, 0.25) is 0 Å². The lowest BCUT2D eigenvalue weighted by atomic mass is 9.58. The van der Waals surface area contributed by atoms with E-state index < -0.39 is 0 Å². The summed E-state index contributed by atoms with van der Waals surface area (Å²) in [5.41, 5.74) is 19.6. The van der Waals surface area contributed by atoms with Gasteiger partial charge in [-0.2, -0.15) is 0 Å². The Morgan fingerprint density at radius 3 is 1.28 bits per heavy atom. The Balaban J connectivity index is 1.28. The van der Waals surface area contributed by atoms with Gasteiger partial charge in [-0.25, -0.2) is 15.0 Å². The number of hydrogen-bond acceptors (Lipinski definition) is 3. The summed E-state index contributed by atoms with van der Waals surface area (Å²) in [6.45, 7) is 0. The van der Waals surface area contributed by atoms with E-state index in [1.807, 2.05) is 18.2 Å². The van der Waals surface area contributed by atoms with Crippen molar-refractivity contribution >= 4 is 152 Å². The molecule has 12 heteroatoms. The van der Waals surface area contributed by atoms with E-state index in [0.29, 0.717) is 17.5 Å². The fourth-order valence-electron chi connectivity index (χ4n) is 9.32. The average molecular weight is 718 g/mol. The molecule has 0 N–H and O–H groups in total. The van der Waals surface area contributed by atoms with Gasteiger partial charge >= 0.3 is 0 Å². The third-order valence-corrected chi connectivity index (χ3v) is 12.9. The summed E-state index contributed by atoms with van der Waals surface area (Å²) in [6, 6.07) is 42.8. The molecule has 0 saturated carbocycles. The predicted octanol–water partition coefficient (Wildman–Crippen LogP) is -4.01. The lowest BCUT2D eigenvalue weighted by Crippen LogP contribution is -2.51. The van der Waals surface area contributed by atoms with E-state index in [9.17, 15) is 0 Å². The van der Waals surface area contributed by atoms with Crippen LogP contribution in [0.5, 0.6) is 0 Å². The molecule has 8 aromatic carbocycles. The summed E-state index contributed by atoms with van der Waals surface area (Å²) >= 11 is 0. The molecule has 0 saturated heterocycles. The van der Waals surface area contributed by atoms with Crippen molar-refractivity contribution in [1.29, 1.82) is 0 Å². The van der Waals surface area contributed by atoms with Crippen molar-refractivity contribution in [3.05, 3.63) is 121 Å². The molecule has 0 amide bonds. The molecular formula is C45H38B9N3. The van der Waals surface area contributed by atoms with Gasteiger partial charge in [-0.05, 0) is 60.6 Å². The van der Waals surface area contributed by atoms with E-state index in [1.165, 1.54) is 98.2 Å². The molecule has 9 rings (SSSR count). The van der Waals surface area contributed by atoms with Crippen LogP contribution in [-0.2, 0) is 0 Å². The Morgan fingerprint density at radius 1 is 0.281 bits per heavy atom. The third kappa shape index (κ3) is 5.92. The van der Waals surface area contributed by atoms with Gasteiger partial charge in [0, 0.05) is 16.7 Å². The lowest BCUT2D eigenvalue weighted by Gasteiger charge is -2.26. The van der Waals surface area contributed by atoms with Crippen LogP contribution in [0.1, 0.15) is 0 Å². The van der Waals surface area contributed by atoms with Gasteiger partial charge < -0.3 is 0 Å². The van der Waals surface area contributed by atoms with Gasteiger partial charge in [-0.3, -0.25) is 0 Å². The average Bonchev–Trinajstić information content (AvgIpc) is 3.25. The van der Waals surface area contributed by atoms with Gasteiger partial charge in [0.05, 0.1) is 0 Å². The molecule has 260 valence electrons. The first kappa shape index (κ1) is 36.8. The molecule has 1 heterocycles. The highest BCUT2D eigenvalue weighted by molar-refractivity contribution is 6.73. The number of fused-ring (bicyclic) bond motifs is 4. The van der Waals surface area contributed by atoms with Gasteiger partial charge in [0.15, 0.2) is 17.5 Å². The van der Waals surface area contributed by atoms with Crippen LogP contribution < -0.4 is 49.2 Å². The normalized spacial score (nSPS) is 11.4. The summed E-state index contributed by atoms with van der Waals surface area (Å²) in [5, 5.41) is 7.88. The van der Waals surface area contributed by atoms with Crippen molar-refractivity contribution in [3.63, 3.8) is 0 Å². The second kappa shape index (κ2) is 14.3. The molecule has 0 atom stereocenters. The predicted molar refractivity (Wildman–Crippen MR) is 273 cm³/mol. The zero-order valence-electron chi connectivity index (χ0n) is 34.4. The summed E-state index contributed by atoms with van der Waals surface area (Å²) in [6.07, 6.45) is 0. The van der Waals surface area contributed by atoms with Crippen LogP contribution in [0.2, 0.25) is 0 Å². The highest BCUT2D eigenvalue weighted by Crippen LogP contribution is 2.37. The van der Waals surface area contributed by atoms with Crippen LogP contribution in [-0.4, -0.2) is 85.6 Å². The molecule has 0 unspecified atom stereocenters. The topological polar surface area (TPSA) is 38.7 Å². The zero-order valence-corrected chi connectivity index (χ0v) is 34.4. The van der Waals surface area contributed by atoms with Crippen LogP contribution in [0.3, 0.4) is 0 Å². The highest BCUT2D eigenvalue weighted by atomic mass is 15.0. The van der Waals surface area contributed by atoms with E-state index in [2.05, 4.69) is 174 Å². The van der Waals surface area contributed by atoms with Crippen LogP contribution >= 0.6 is 0 Å². The molecule has 1 aromatic heterocycles. The minimum atomic E-state index is 0.659. The number of rotatable bonds is 5. The molecule has 0 fully saturated rings. The number of benzene rings is 8. The second-order valence-electron chi connectivity index (χ2n) is 15.8. The number of nitrogens with zero attached hydrogens (tertiary/aromatic N) is 3. The summed E-state index contributed by atoms with van der Waals surface area (Å²) in [4.78, 5) is 15.8. The van der Waals surface area contributed by atoms with Crippen molar-refractivity contribution in [2.24, 2.45) is 0 Å². The van der Waals surface area contributed by atoms with E-state index in [-0.39, 0.29) is 0 Å². The molecule has 0 aliphatic heterocycles. The first-order valence-electron chi connectivity index (χ1n) is 20.0. The molecule has 0 aliphatic carbocycles. The Bertz CT molecular complexity index is 3120. The van der Waals surface area contributed by atoms with E-state index in [4.69, 9.17) is 15.0 Å². The Kier molecular flexibility index (Phi) is 9.19. The first-order valence-corrected chi connectivity index (χ1v) is 20.0. The SMILES string of the molecule is Bc1c(B)c(B)c2c(c1B)c(B)c(B)c1c(B)c(-c3nc(-c4ccccc4)nc(-c4cccc(-c5ccc(-c6ccccc6)c6ccccc56)c4)n3)c(B)c(B)c12. The van der Waals surface area contributed by atoms with Crippen molar-refractivity contribution in [2.75, 3.05) is 0 Å². The van der Waals surface area contributed by atoms with Crippen molar-refractivity contribution < 1.29 is 0 Å². The van der Waals surface area contributed by atoms with E-state index in [1.54, 1.807) is 0 Å². The van der Waals surface area contributed by atoms with Crippen LogP contribution in [0, 0.1) is 0 Å². The van der Waals surface area contributed by atoms with Crippen LogP contribution in [0.15, 0.2) is 121 Å².